The van der Waals surface area contributed by atoms with Gasteiger partial charge in [0.2, 0.25) is 5.91 Å². The number of carbonyl (C=O) groups is 2. The first kappa shape index (κ1) is 13.6. The SMILES string of the molecule is CC(=O)SC1CC(=O)N(c2nc3ccc(C)cc3s2)C1. The number of nitrogens with zero attached hydrogens (tertiary/aromatic N) is 2. The van der Waals surface area contributed by atoms with Crippen molar-refractivity contribution >= 4 is 49.5 Å². The predicted molar refractivity (Wildman–Crippen MR) is 83.4 cm³/mol. The van der Waals surface area contributed by atoms with Gasteiger partial charge in [-0.25, -0.2) is 4.98 Å². The number of amides is 1. The van der Waals surface area contributed by atoms with Gasteiger partial charge in [0, 0.05) is 25.1 Å². The Bertz CT molecular complexity index is 696. The lowest BCUT2D eigenvalue weighted by atomic mass is 10.2. The maximum Gasteiger partial charge on any atom is 0.230 e. The van der Waals surface area contributed by atoms with Crippen LogP contribution in [0.2, 0.25) is 0 Å². The molecule has 1 aliphatic heterocycles. The topological polar surface area (TPSA) is 50.3 Å². The van der Waals surface area contributed by atoms with E-state index >= 15 is 0 Å². The minimum Gasteiger partial charge on any atom is -0.288 e. The summed E-state index contributed by atoms with van der Waals surface area (Å²) in [5.74, 6) is 0.0551. The second-order valence-electron chi connectivity index (χ2n) is 4.91. The molecular weight excluding hydrogens is 292 g/mol. The first-order valence-corrected chi connectivity index (χ1v) is 8.07. The third kappa shape index (κ3) is 2.58. The average molecular weight is 306 g/mol. The number of thioether (sulfide) groups is 1. The van der Waals surface area contributed by atoms with Gasteiger partial charge in [0.1, 0.15) is 0 Å². The molecule has 1 aliphatic rings. The summed E-state index contributed by atoms with van der Waals surface area (Å²) in [6.45, 7) is 4.15. The van der Waals surface area contributed by atoms with Crippen LogP contribution in [-0.2, 0) is 9.59 Å². The Balaban J connectivity index is 1.87. The van der Waals surface area contributed by atoms with Gasteiger partial charge in [-0.05, 0) is 24.6 Å². The highest BCUT2D eigenvalue weighted by molar-refractivity contribution is 8.14. The molecule has 0 radical (unpaired) electrons. The van der Waals surface area contributed by atoms with Crippen LogP contribution >= 0.6 is 23.1 Å². The normalized spacial score (nSPS) is 19.0. The van der Waals surface area contributed by atoms with Gasteiger partial charge >= 0.3 is 0 Å². The highest BCUT2D eigenvalue weighted by atomic mass is 32.2. The summed E-state index contributed by atoms with van der Waals surface area (Å²) in [5.41, 5.74) is 2.11. The van der Waals surface area contributed by atoms with Crippen LogP contribution in [0.5, 0.6) is 0 Å². The molecular formula is C14H14N2O2S2. The number of fused-ring (bicyclic) bond motifs is 1. The number of hydrogen-bond acceptors (Lipinski definition) is 5. The molecule has 20 heavy (non-hydrogen) atoms. The van der Waals surface area contributed by atoms with Crippen molar-refractivity contribution in [1.29, 1.82) is 0 Å². The van der Waals surface area contributed by atoms with E-state index in [1.807, 2.05) is 19.1 Å². The van der Waals surface area contributed by atoms with E-state index < -0.39 is 0 Å². The summed E-state index contributed by atoms with van der Waals surface area (Å²) in [7, 11) is 0. The number of rotatable bonds is 2. The van der Waals surface area contributed by atoms with Crippen molar-refractivity contribution in [2.24, 2.45) is 0 Å². The highest BCUT2D eigenvalue weighted by Gasteiger charge is 2.33. The van der Waals surface area contributed by atoms with Gasteiger partial charge in [0.05, 0.1) is 10.2 Å². The van der Waals surface area contributed by atoms with E-state index in [-0.39, 0.29) is 16.3 Å². The fraction of sp³-hybridized carbons (Fsp3) is 0.357. The molecule has 1 aromatic heterocycles. The molecule has 0 saturated carbocycles. The summed E-state index contributed by atoms with van der Waals surface area (Å²) in [5, 5.41) is 0.848. The Morgan fingerprint density at radius 2 is 2.30 bits per heavy atom. The van der Waals surface area contributed by atoms with Crippen LogP contribution in [0.15, 0.2) is 18.2 Å². The Labute approximate surface area is 125 Å². The highest BCUT2D eigenvalue weighted by Crippen LogP contribution is 2.34. The predicted octanol–water partition coefficient (Wildman–Crippen LogP) is 2.99. The van der Waals surface area contributed by atoms with Gasteiger partial charge in [0.25, 0.3) is 0 Å². The number of carbonyl (C=O) groups excluding carboxylic acids is 2. The molecule has 104 valence electrons. The maximum atomic E-state index is 12.1. The quantitative estimate of drug-likeness (QED) is 0.856. The third-order valence-corrected chi connectivity index (χ3v) is 5.21. The fourth-order valence-corrected chi connectivity index (χ4v) is 4.32. The zero-order chi connectivity index (χ0) is 14.3. The summed E-state index contributed by atoms with van der Waals surface area (Å²) in [4.78, 5) is 29.5. The minimum atomic E-state index is 0.0498. The van der Waals surface area contributed by atoms with Crippen molar-refractivity contribution in [2.45, 2.75) is 25.5 Å². The monoisotopic (exact) mass is 306 g/mol. The van der Waals surface area contributed by atoms with Crippen molar-refractivity contribution in [2.75, 3.05) is 11.4 Å². The lowest BCUT2D eigenvalue weighted by Crippen LogP contribution is -2.24. The van der Waals surface area contributed by atoms with Crippen molar-refractivity contribution in [3.63, 3.8) is 0 Å². The number of thiazole rings is 1. The van der Waals surface area contributed by atoms with E-state index in [0.29, 0.717) is 13.0 Å². The van der Waals surface area contributed by atoms with Gasteiger partial charge in [-0.3, -0.25) is 14.5 Å². The Kier molecular flexibility index (Phi) is 3.52. The van der Waals surface area contributed by atoms with Crippen LogP contribution in [0.3, 0.4) is 0 Å². The molecule has 6 heteroatoms. The van der Waals surface area contributed by atoms with E-state index in [1.165, 1.54) is 35.6 Å². The first-order valence-electron chi connectivity index (χ1n) is 6.38. The molecule has 1 amide bonds. The molecule has 3 rings (SSSR count). The zero-order valence-electron chi connectivity index (χ0n) is 11.3. The molecule has 0 spiro atoms. The number of benzene rings is 1. The zero-order valence-corrected chi connectivity index (χ0v) is 12.9. The van der Waals surface area contributed by atoms with Crippen molar-refractivity contribution in [3.8, 4) is 0 Å². The number of aryl methyl sites for hydroxylation is 1. The van der Waals surface area contributed by atoms with Crippen molar-refractivity contribution in [1.82, 2.24) is 4.98 Å². The largest absolute Gasteiger partial charge is 0.288 e. The Hall–Kier alpha value is -1.40. The van der Waals surface area contributed by atoms with Crippen LogP contribution in [0.1, 0.15) is 18.9 Å². The van der Waals surface area contributed by atoms with Gasteiger partial charge in [-0.1, -0.05) is 29.2 Å². The van der Waals surface area contributed by atoms with Crippen LogP contribution in [0.4, 0.5) is 5.13 Å². The minimum absolute atomic E-state index is 0.0498. The van der Waals surface area contributed by atoms with E-state index in [1.54, 1.807) is 4.90 Å². The van der Waals surface area contributed by atoms with Crippen LogP contribution in [0.25, 0.3) is 10.2 Å². The number of aromatic nitrogens is 1. The molecule has 1 aromatic carbocycles. The molecule has 1 atom stereocenters. The Morgan fingerprint density at radius 3 is 3.05 bits per heavy atom. The van der Waals surface area contributed by atoms with Gasteiger partial charge < -0.3 is 0 Å². The van der Waals surface area contributed by atoms with Gasteiger partial charge in [-0.2, -0.15) is 0 Å². The van der Waals surface area contributed by atoms with Crippen LogP contribution in [-0.4, -0.2) is 27.8 Å². The molecule has 2 heterocycles. The fourth-order valence-electron chi connectivity index (χ4n) is 2.31. The summed E-state index contributed by atoms with van der Waals surface area (Å²) < 4.78 is 1.09. The lowest BCUT2D eigenvalue weighted by Gasteiger charge is -2.11. The smallest absolute Gasteiger partial charge is 0.230 e. The van der Waals surface area contributed by atoms with Crippen molar-refractivity contribution in [3.05, 3.63) is 23.8 Å². The molecule has 0 bridgehead atoms. The lowest BCUT2D eigenvalue weighted by molar-refractivity contribution is -0.117. The first-order chi connectivity index (χ1) is 9.52. The second-order valence-corrected chi connectivity index (χ2v) is 7.39. The molecule has 1 saturated heterocycles. The number of anilines is 1. The number of hydrogen-bond donors (Lipinski definition) is 0. The van der Waals surface area contributed by atoms with E-state index in [4.69, 9.17) is 0 Å². The van der Waals surface area contributed by atoms with Gasteiger partial charge in [0.15, 0.2) is 10.2 Å². The van der Waals surface area contributed by atoms with E-state index in [9.17, 15) is 9.59 Å². The van der Waals surface area contributed by atoms with Crippen LogP contribution in [0, 0.1) is 6.92 Å². The second kappa shape index (κ2) is 5.18. The molecule has 4 nitrogen and oxygen atoms in total. The van der Waals surface area contributed by atoms with E-state index in [2.05, 4.69) is 11.1 Å². The molecule has 1 unspecified atom stereocenters. The molecule has 0 N–H and O–H groups in total. The maximum absolute atomic E-state index is 12.1. The van der Waals surface area contributed by atoms with Gasteiger partial charge in [-0.15, -0.1) is 0 Å². The summed E-state index contributed by atoms with van der Waals surface area (Å²) in [6.07, 6.45) is 0.416. The average Bonchev–Trinajstić information content (AvgIpc) is 2.91. The summed E-state index contributed by atoms with van der Waals surface area (Å²) in [6, 6.07) is 6.08. The third-order valence-electron chi connectivity index (χ3n) is 3.19. The molecule has 0 aliphatic carbocycles. The molecule has 1 fully saturated rings. The summed E-state index contributed by atoms with van der Waals surface area (Å²) >= 11 is 2.78. The Morgan fingerprint density at radius 1 is 1.50 bits per heavy atom. The molecule has 2 aromatic rings. The van der Waals surface area contributed by atoms with Crippen LogP contribution < -0.4 is 4.90 Å². The standard InChI is InChI=1S/C14H14N2O2S2/c1-8-3-4-11-12(5-8)20-14(15-11)16-7-10(6-13(16)18)19-9(2)17/h3-5,10H,6-7H2,1-2H3. The van der Waals surface area contributed by atoms with Crippen molar-refractivity contribution < 1.29 is 9.59 Å². The van der Waals surface area contributed by atoms with E-state index in [0.717, 1.165) is 15.3 Å².